The van der Waals surface area contributed by atoms with Gasteiger partial charge in [-0.3, -0.25) is 0 Å². The molecule has 0 aromatic carbocycles. The van der Waals surface area contributed by atoms with Gasteiger partial charge in [-0.1, -0.05) is 6.92 Å². The van der Waals surface area contributed by atoms with Gasteiger partial charge < -0.3 is 86.5 Å². The Morgan fingerprint density at radius 2 is 1.16 bits per heavy atom. The molecule has 3 fully saturated rings. The number of nitrogens with two attached hydrogens (primary N) is 3. The van der Waals surface area contributed by atoms with Gasteiger partial charge >= 0.3 is 0 Å². The summed E-state index contributed by atoms with van der Waals surface area (Å²) in [5.41, 5.74) is 18.1. The monoisotopic (exact) mass is 559 g/mol. The van der Waals surface area contributed by atoms with Crippen LogP contribution in [0.5, 0.6) is 0 Å². The van der Waals surface area contributed by atoms with E-state index in [2.05, 4.69) is 0 Å². The summed E-state index contributed by atoms with van der Waals surface area (Å²) in [5.74, 6) is 0. The van der Waals surface area contributed by atoms with E-state index < -0.39 is 118 Å². The Morgan fingerprint density at radius 1 is 0.658 bits per heavy atom. The van der Waals surface area contributed by atoms with Crippen LogP contribution in [0.2, 0.25) is 0 Å². The van der Waals surface area contributed by atoms with Crippen LogP contribution in [0.3, 0.4) is 0 Å². The molecule has 3 aliphatic rings. The molecule has 0 aromatic rings. The number of hydrogen-bond donors (Lipinski definition) is 11. The maximum absolute atomic E-state index is 11.0. The fraction of sp³-hybridized carbons (Fsp3) is 1.00. The molecule has 3 saturated heterocycles. The van der Waals surface area contributed by atoms with Gasteiger partial charge in [0, 0.05) is 0 Å². The standard InChI is InChI=1S/C21H41N3O14/c1-2-9(28)36-18-12(24)19(32)33-8(5-27)17(18)38-21-11(23)15(31)16(7(4-26)35-21)37-20-10(22)14(30)13(29)6(3-25)34-20/h6-21,25-32H,2-5,22-24H2,1H3/t6-,7-,8-,9?,10-,11-,12-,13-,14-,15-,16?,17?,18-,19-,20+,21+/m1/s1. The number of aliphatic hydroxyl groups is 8. The van der Waals surface area contributed by atoms with Gasteiger partial charge in [0.05, 0.1) is 37.9 Å². The Kier molecular flexibility index (Phi) is 11.6. The lowest BCUT2D eigenvalue weighted by atomic mass is 9.94. The second-order valence-electron chi connectivity index (χ2n) is 9.57. The summed E-state index contributed by atoms with van der Waals surface area (Å²) in [5, 5.41) is 80.5. The molecule has 17 heteroatoms. The summed E-state index contributed by atoms with van der Waals surface area (Å²) >= 11 is 0. The van der Waals surface area contributed by atoms with Crippen molar-refractivity contribution < 1.29 is 69.3 Å². The van der Waals surface area contributed by atoms with Gasteiger partial charge in [0.2, 0.25) is 0 Å². The molecule has 3 unspecified atom stereocenters. The van der Waals surface area contributed by atoms with E-state index in [1.807, 2.05) is 0 Å². The Hall–Kier alpha value is -0.680. The molecule has 0 bridgehead atoms. The first-order chi connectivity index (χ1) is 18.0. The normalized spacial score (nSPS) is 49.1. The zero-order chi connectivity index (χ0) is 28.3. The van der Waals surface area contributed by atoms with Crippen LogP contribution in [0.25, 0.3) is 0 Å². The van der Waals surface area contributed by atoms with Crippen LogP contribution in [-0.2, 0) is 28.4 Å². The quantitative estimate of drug-likeness (QED) is 0.111. The summed E-state index contributed by atoms with van der Waals surface area (Å²) in [7, 11) is 0. The highest BCUT2D eigenvalue weighted by molar-refractivity contribution is 4.99. The van der Waals surface area contributed by atoms with E-state index in [0.29, 0.717) is 0 Å². The third kappa shape index (κ3) is 6.61. The number of ether oxygens (including phenoxy) is 6. The summed E-state index contributed by atoms with van der Waals surface area (Å²) in [6, 6.07) is -3.83. The second kappa shape index (κ2) is 13.8. The molecule has 38 heavy (non-hydrogen) atoms. The molecular formula is C21H41N3O14. The average molecular weight is 560 g/mol. The Labute approximate surface area is 218 Å². The Morgan fingerprint density at radius 3 is 1.71 bits per heavy atom. The molecule has 0 amide bonds. The van der Waals surface area contributed by atoms with Gasteiger partial charge in [0.15, 0.2) is 25.2 Å². The van der Waals surface area contributed by atoms with Crippen LogP contribution in [0.15, 0.2) is 0 Å². The zero-order valence-electron chi connectivity index (χ0n) is 20.8. The minimum atomic E-state index is -1.57. The lowest BCUT2D eigenvalue weighted by molar-refractivity contribution is -0.354. The highest BCUT2D eigenvalue weighted by atomic mass is 16.7. The van der Waals surface area contributed by atoms with Crippen molar-refractivity contribution in [2.45, 2.75) is 112 Å². The molecular weight excluding hydrogens is 518 g/mol. The van der Waals surface area contributed by atoms with Crippen molar-refractivity contribution in [2.24, 2.45) is 17.2 Å². The number of aliphatic hydroxyl groups excluding tert-OH is 8. The van der Waals surface area contributed by atoms with Gasteiger partial charge in [0.25, 0.3) is 0 Å². The highest BCUT2D eigenvalue weighted by Crippen LogP contribution is 2.32. The molecule has 16 atom stereocenters. The molecule has 0 spiro atoms. The zero-order valence-corrected chi connectivity index (χ0v) is 20.8. The maximum Gasteiger partial charge on any atom is 0.176 e. The van der Waals surface area contributed by atoms with Crippen molar-refractivity contribution in [1.82, 2.24) is 0 Å². The first kappa shape index (κ1) is 31.8. The van der Waals surface area contributed by atoms with Gasteiger partial charge in [-0.2, -0.15) is 0 Å². The smallest absolute Gasteiger partial charge is 0.176 e. The lowest BCUT2D eigenvalue weighted by Crippen LogP contribution is -2.69. The molecule has 0 saturated carbocycles. The fourth-order valence-corrected chi connectivity index (χ4v) is 4.61. The van der Waals surface area contributed by atoms with Crippen molar-refractivity contribution in [3.8, 4) is 0 Å². The van der Waals surface area contributed by atoms with Gasteiger partial charge in [-0.15, -0.1) is 0 Å². The summed E-state index contributed by atoms with van der Waals surface area (Å²) < 4.78 is 33.6. The molecule has 17 nitrogen and oxygen atoms in total. The molecule has 0 aliphatic carbocycles. The summed E-state index contributed by atoms with van der Waals surface area (Å²) in [4.78, 5) is 0. The molecule has 224 valence electrons. The van der Waals surface area contributed by atoms with Crippen LogP contribution < -0.4 is 17.2 Å². The van der Waals surface area contributed by atoms with E-state index >= 15 is 0 Å². The third-order valence-electron chi connectivity index (χ3n) is 6.97. The van der Waals surface area contributed by atoms with E-state index in [-0.39, 0.29) is 6.42 Å². The van der Waals surface area contributed by atoms with E-state index in [1.165, 1.54) is 0 Å². The summed E-state index contributed by atoms with van der Waals surface area (Å²) in [6.07, 6.45) is -17.6. The largest absolute Gasteiger partial charge is 0.394 e. The summed E-state index contributed by atoms with van der Waals surface area (Å²) in [6.45, 7) is -0.372. The van der Waals surface area contributed by atoms with E-state index in [1.54, 1.807) is 6.92 Å². The molecule has 0 radical (unpaired) electrons. The molecule has 14 N–H and O–H groups in total. The van der Waals surface area contributed by atoms with Crippen molar-refractivity contribution in [1.29, 1.82) is 0 Å². The van der Waals surface area contributed by atoms with Crippen LogP contribution in [0.1, 0.15) is 13.3 Å². The van der Waals surface area contributed by atoms with Crippen molar-refractivity contribution in [3.05, 3.63) is 0 Å². The maximum atomic E-state index is 11.0. The highest BCUT2D eigenvalue weighted by Gasteiger charge is 2.53. The number of hydrogen-bond acceptors (Lipinski definition) is 17. The first-order valence-corrected chi connectivity index (χ1v) is 12.4. The van der Waals surface area contributed by atoms with E-state index in [9.17, 15) is 40.9 Å². The Balaban J connectivity index is 1.77. The average Bonchev–Trinajstić information content (AvgIpc) is 2.91. The molecule has 0 aromatic heterocycles. The van der Waals surface area contributed by atoms with Crippen LogP contribution in [0.4, 0.5) is 0 Å². The van der Waals surface area contributed by atoms with Crippen molar-refractivity contribution in [3.63, 3.8) is 0 Å². The van der Waals surface area contributed by atoms with Gasteiger partial charge in [0.1, 0.15) is 54.9 Å². The fourth-order valence-electron chi connectivity index (χ4n) is 4.61. The minimum Gasteiger partial charge on any atom is -0.394 e. The predicted molar refractivity (Wildman–Crippen MR) is 122 cm³/mol. The lowest BCUT2D eigenvalue weighted by Gasteiger charge is -2.49. The SMILES string of the molecule is CCC(O)O[C@H]1C(O[C@@H]2O[C@H](CO)C(O[C@@H]3O[C@H](CO)[C@@H](O)[C@H](O)[C@H]3N)[C@H](O)[C@H]2N)[C@@H](CO)O[C@@H](O)[C@@H]1N. The topological polar surface area (TPSA) is 295 Å². The van der Waals surface area contributed by atoms with Gasteiger partial charge in [-0.25, -0.2) is 0 Å². The molecule has 3 aliphatic heterocycles. The minimum absolute atomic E-state index is 0.175. The van der Waals surface area contributed by atoms with Crippen molar-refractivity contribution >= 4 is 0 Å². The Bertz CT molecular complexity index is 725. The van der Waals surface area contributed by atoms with Crippen LogP contribution >= 0.6 is 0 Å². The van der Waals surface area contributed by atoms with E-state index in [0.717, 1.165) is 0 Å². The molecule has 3 rings (SSSR count). The number of rotatable bonds is 10. The third-order valence-corrected chi connectivity index (χ3v) is 6.97. The van der Waals surface area contributed by atoms with Gasteiger partial charge in [-0.05, 0) is 6.42 Å². The predicted octanol–water partition coefficient (Wildman–Crippen LogP) is -6.92. The van der Waals surface area contributed by atoms with Crippen molar-refractivity contribution in [2.75, 3.05) is 19.8 Å². The van der Waals surface area contributed by atoms with Crippen LogP contribution in [0, 0.1) is 0 Å². The second-order valence-corrected chi connectivity index (χ2v) is 9.57. The first-order valence-electron chi connectivity index (χ1n) is 12.4. The molecule has 3 heterocycles. The van der Waals surface area contributed by atoms with E-state index in [4.69, 9.17) is 45.6 Å². The van der Waals surface area contributed by atoms with Crippen LogP contribution in [-0.4, -0.2) is 159 Å².